The Bertz CT molecular complexity index is 1130. The number of amides is 1. The zero-order chi connectivity index (χ0) is 29.8. The lowest BCUT2D eigenvalue weighted by molar-refractivity contribution is -0.117. The third-order valence-corrected chi connectivity index (χ3v) is 5.06. The highest BCUT2D eigenvalue weighted by atomic mass is 19.4. The molecule has 0 aliphatic heterocycles. The Labute approximate surface area is 230 Å². The van der Waals surface area contributed by atoms with E-state index in [4.69, 9.17) is 5.73 Å². The highest BCUT2D eigenvalue weighted by Crippen LogP contribution is 2.27. The molecule has 3 rings (SSSR count). The summed E-state index contributed by atoms with van der Waals surface area (Å²) in [4.78, 5) is 19.1. The number of imidazole rings is 1. The fourth-order valence-corrected chi connectivity index (χ4v) is 3.06. The molecular formula is C31H41F3N4O. The summed E-state index contributed by atoms with van der Waals surface area (Å²) in [5.41, 5.74) is 9.76. The molecule has 2 aromatic carbocycles. The predicted molar refractivity (Wildman–Crippen MR) is 157 cm³/mol. The Hall–Kier alpha value is -3.91. The minimum Gasteiger partial charge on any atom is -0.328 e. The molecule has 0 saturated carbocycles. The number of allylic oxidation sites excluding steroid dienone is 4. The predicted octanol–water partition coefficient (Wildman–Crippen LogP) is 8.18. The Kier molecular flexibility index (Phi) is 17.3. The SMILES string of the molecule is C/C=C(\CC)C(F)(F)F.C=CC=C.CC.Cc1cnc(NC(=O)C(N)Cc2ccc(-c3ccccc3)cc2)[nH]1. The first kappa shape index (κ1) is 35.1. The lowest BCUT2D eigenvalue weighted by atomic mass is 10.0. The molecule has 0 bridgehead atoms. The summed E-state index contributed by atoms with van der Waals surface area (Å²) in [7, 11) is 0. The number of nitrogens with zero attached hydrogens (tertiary/aromatic N) is 1. The number of aromatic nitrogens is 2. The fourth-order valence-electron chi connectivity index (χ4n) is 3.06. The maximum absolute atomic E-state index is 12.1. The largest absolute Gasteiger partial charge is 0.412 e. The van der Waals surface area contributed by atoms with Crippen LogP contribution < -0.4 is 11.1 Å². The second-order valence-electron chi connectivity index (χ2n) is 7.91. The molecule has 1 unspecified atom stereocenters. The Morgan fingerprint density at radius 2 is 1.59 bits per heavy atom. The molecule has 0 spiro atoms. The maximum atomic E-state index is 12.1. The van der Waals surface area contributed by atoms with Gasteiger partial charge in [-0.15, -0.1) is 0 Å². The summed E-state index contributed by atoms with van der Waals surface area (Å²) >= 11 is 0. The van der Waals surface area contributed by atoms with Crippen LogP contribution in [0.15, 0.2) is 97.8 Å². The van der Waals surface area contributed by atoms with Crippen molar-refractivity contribution in [3.8, 4) is 11.1 Å². The topological polar surface area (TPSA) is 83.8 Å². The van der Waals surface area contributed by atoms with Crippen molar-refractivity contribution >= 4 is 11.9 Å². The van der Waals surface area contributed by atoms with Crippen molar-refractivity contribution in [2.75, 3.05) is 5.32 Å². The first-order chi connectivity index (χ1) is 18.5. The van der Waals surface area contributed by atoms with E-state index in [0.717, 1.165) is 22.9 Å². The van der Waals surface area contributed by atoms with E-state index in [1.807, 2.05) is 63.2 Å². The quantitative estimate of drug-likeness (QED) is 0.208. The molecule has 0 saturated heterocycles. The summed E-state index contributed by atoms with van der Waals surface area (Å²) in [5.74, 6) is 0.170. The summed E-state index contributed by atoms with van der Waals surface area (Å²) in [6.07, 6.45) is 2.44. The zero-order valence-electron chi connectivity index (χ0n) is 23.5. The van der Waals surface area contributed by atoms with E-state index >= 15 is 0 Å². The minimum absolute atomic E-state index is 0.0556. The minimum atomic E-state index is -4.12. The standard InChI is InChI=1S/C19H20N4O.C6H9F3.C4H6.C2H6/c1-13-12-21-19(22-13)23-18(24)17(20)11-14-7-9-16(10-8-14)15-5-3-2-4-6-15;1-3-5(4-2)6(7,8)9;1-3-4-2;1-2/h2-10,12,17H,11,20H2,1H3,(H2,21,22,23,24);3H,4H2,1-2H3;3-4H,1-2H2;1-2H3/b;5-3+;;. The summed E-state index contributed by atoms with van der Waals surface area (Å²) < 4.78 is 35.0. The van der Waals surface area contributed by atoms with Crippen molar-refractivity contribution in [2.24, 2.45) is 5.73 Å². The van der Waals surface area contributed by atoms with Gasteiger partial charge in [-0.2, -0.15) is 13.2 Å². The molecule has 5 nitrogen and oxygen atoms in total. The van der Waals surface area contributed by atoms with E-state index in [1.54, 1.807) is 18.3 Å². The van der Waals surface area contributed by atoms with E-state index in [9.17, 15) is 18.0 Å². The second-order valence-corrected chi connectivity index (χ2v) is 7.91. The van der Waals surface area contributed by atoms with Crippen LogP contribution in [0.3, 0.4) is 0 Å². The second kappa shape index (κ2) is 19.2. The molecule has 212 valence electrons. The lowest BCUT2D eigenvalue weighted by Gasteiger charge is -2.11. The lowest BCUT2D eigenvalue weighted by Crippen LogP contribution is -2.37. The van der Waals surface area contributed by atoms with E-state index in [2.05, 4.69) is 40.6 Å². The highest BCUT2D eigenvalue weighted by Gasteiger charge is 2.30. The van der Waals surface area contributed by atoms with Crippen LogP contribution in [0.4, 0.5) is 19.1 Å². The molecule has 0 aliphatic carbocycles. The van der Waals surface area contributed by atoms with Crippen LogP contribution in [-0.4, -0.2) is 28.1 Å². The van der Waals surface area contributed by atoms with Gasteiger partial charge in [-0.1, -0.05) is 107 Å². The highest BCUT2D eigenvalue weighted by molar-refractivity contribution is 5.93. The average molecular weight is 543 g/mol. The number of benzene rings is 2. The zero-order valence-corrected chi connectivity index (χ0v) is 23.5. The molecule has 4 N–H and O–H groups in total. The number of carbonyl (C=O) groups excluding carboxylic acids is 1. The number of H-pyrrole nitrogens is 1. The summed E-state index contributed by atoms with van der Waals surface area (Å²) in [6, 6.07) is 17.6. The van der Waals surface area contributed by atoms with Crippen LogP contribution in [0.5, 0.6) is 0 Å². The molecule has 1 heterocycles. The maximum Gasteiger partial charge on any atom is 0.412 e. The number of hydrogen-bond acceptors (Lipinski definition) is 3. The molecule has 1 aromatic heterocycles. The van der Waals surface area contributed by atoms with Crippen LogP contribution >= 0.6 is 0 Å². The Balaban J connectivity index is 0.000000803. The monoisotopic (exact) mass is 542 g/mol. The summed E-state index contributed by atoms with van der Waals surface area (Å²) in [5, 5.41) is 2.69. The van der Waals surface area contributed by atoms with Gasteiger partial charge in [-0.05, 0) is 43.4 Å². The van der Waals surface area contributed by atoms with Gasteiger partial charge in [0, 0.05) is 17.5 Å². The van der Waals surface area contributed by atoms with Gasteiger partial charge in [0.05, 0.1) is 6.04 Å². The number of anilines is 1. The number of carbonyl (C=O) groups is 1. The van der Waals surface area contributed by atoms with E-state index < -0.39 is 17.8 Å². The number of alkyl halides is 3. The smallest absolute Gasteiger partial charge is 0.328 e. The molecule has 39 heavy (non-hydrogen) atoms. The van der Waals surface area contributed by atoms with Crippen LogP contribution in [0, 0.1) is 6.92 Å². The van der Waals surface area contributed by atoms with Crippen molar-refractivity contribution in [1.29, 1.82) is 0 Å². The Morgan fingerprint density at radius 1 is 1.05 bits per heavy atom. The van der Waals surface area contributed by atoms with Gasteiger partial charge in [-0.3, -0.25) is 10.1 Å². The number of hydrogen-bond donors (Lipinski definition) is 3. The van der Waals surface area contributed by atoms with Gasteiger partial charge in [-0.25, -0.2) is 4.98 Å². The Morgan fingerprint density at radius 3 is 1.97 bits per heavy atom. The van der Waals surface area contributed by atoms with Crippen molar-refractivity contribution in [1.82, 2.24) is 9.97 Å². The fraction of sp³-hybridized carbons (Fsp3) is 0.290. The summed E-state index contributed by atoms with van der Waals surface area (Å²) in [6.45, 7) is 15.5. The van der Waals surface area contributed by atoms with E-state index in [-0.39, 0.29) is 12.3 Å². The van der Waals surface area contributed by atoms with Crippen LogP contribution in [0.2, 0.25) is 0 Å². The number of halogens is 3. The van der Waals surface area contributed by atoms with Crippen molar-refractivity contribution in [3.63, 3.8) is 0 Å². The van der Waals surface area contributed by atoms with Gasteiger partial charge in [0.1, 0.15) is 0 Å². The molecule has 0 fully saturated rings. The molecule has 3 aromatic rings. The number of rotatable bonds is 7. The first-order valence-corrected chi connectivity index (χ1v) is 12.7. The van der Waals surface area contributed by atoms with Crippen molar-refractivity contribution < 1.29 is 18.0 Å². The van der Waals surface area contributed by atoms with Crippen molar-refractivity contribution in [2.45, 2.75) is 59.7 Å². The van der Waals surface area contributed by atoms with Gasteiger partial charge >= 0.3 is 6.18 Å². The van der Waals surface area contributed by atoms with Gasteiger partial charge in [0.25, 0.3) is 0 Å². The number of aryl methyl sites for hydroxylation is 1. The molecule has 1 atom stereocenters. The number of nitrogens with one attached hydrogen (secondary N) is 2. The molecule has 0 aliphatic rings. The van der Waals surface area contributed by atoms with Crippen molar-refractivity contribution in [3.05, 3.63) is 109 Å². The van der Waals surface area contributed by atoms with E-state index in [0.29, 0.717) is 12.4 Å². The third kappa shape index (κ3) is 14.0. The van der Waals surface area contributed by atoms with Gasteiger partial charge in [0.15, 0.2) is 0 Å². The molecule has 0 radical (unpaired) electrons. The molecule has 8 heteroatoms. The third-order valence-electron chi connectivity index (χ3n) is 5.06. The van der Waals surface area contributed by atoms with Gasteiger partial charge in [0.2, 0.25) is 11.9 Å². The van der Waals surface area contributed by atoms with Crippen LogP contribution in [-0.2, 0) is 11.2 Å². The van der Waals surface area contributed by atoms with Gasteiger partial charge < -0.3 is 10.7 Å². The number of aromatic amines is 1. The average Bonchev–Trinajstić information content (AvgIpc) is 3.35. The van der Waals surface area contributed by atoms with Crippen LogP contribution in [0.1, 0.15) is 45.4 Å². The normalized spacial score (nSPS) is 11.3. The molecular weight excluding hydrogens is 501 g/mol. The first-order valence-electron chi connectivity index (χ1n) is 12.7. The molecule has 1 amide bonds. The van der Waals surface area contributed by atoms with Crippen LogP contribution in [0.25, 0.3) is 11.1 Å². The number of nitrogens with two attached hydrogens (primary N) is 1. The van der Waals surface area contributed by atoms with E-state index in [1.165, 1.54) is 19.4 Å².